The Morgan fingerprint density at radius 2 is 1.74 bits per heavy atom. The van der Waals surface area contributed by atoms with Crippen LogP contribution >= 0.6 is 0 Å². The number of piperidine rings is 1. The SMILES string of the molecule is CN1CCC(CC(O)NCC2CC(c3c(-c4ccc(F)cc4)[nH]c4c(F)cc(F)cc34)C2)CC1. The Kier molecular flexibility index (Phi) is 6.69. The highest BCUT2D eigenvalue weighted by Crippen LogP contribution is 2.48. The van der Waals surface area contributed by atoms with Crippen LogP contribution in [-0.2, 0) is 0 Å². The number of aromatic nitrogens is 1. The van der Waals surface area contributed by atoms with Gasteiger partial charge in [-0.1, -0.05) is 0 Å². The first-order valence-electron chi connectivity index (χ1n) is 12.2. The van der Waals surface area contributed by atoms with E-state index in [2.05, 4.69) is 22.2 Å². The zero-order valence-electron chi connectivity index (χ0n) is 19.5. The van der Waals surface area contributed by atoms with Gasteiger partial charge in [0.2, 0.25) is 0 Å². The van der Waals surface area contributed by atoms with Crippen molar-refractivity contribution in [2.24, 2.45) is 11.8 Å². The number of aromatic amines is 1. The molecule has 2 aromatic carbocycles. The van der Waals surface area contributed by atoms with Crippen LogP contribution < -0.4 is 5.32 Å². The lowest BCUT2D eigenvalue weighted by Gasteiger charge is -2.37. The first-order chi connectivity index (χ1) is 16.4. The average Bonchev–Trinajstić information content (AvgIpc) is 3.14. The summed E-state index contributed by atoms with van der Waals surface area (Å²) in [6.45, 7) is 2.90. The number of aliphatic hydroxyl groups is 1. The fraction of sp³-hybridized carbons (Fsp3) is 0.481. The summed E-state index contributed by atoms with van der Waals surface area (Å²) in [7, 11) is 2.13. The van der Waals surface area contributed by atoms with Crippen molar-refractivity contribution in [1.82, 2.24) is 15.2 Å². The number of rotatable bonds is 7. The van der Waals surface area contributed by atoms with Crippen LogP contribution in [0.15, 0.2) is 36.4 Å². The number of fused-ring (bicyclic) bond motifs is 1. The van der Waals surface area contributed by atoms with Gasteiger partial charge in [-0.15, -0.1) is 0 Å². The van der Waals surface area contributed by atoms with Crippen LogP contribution in [-0.4, -0.2) is 47.9 Å². The lowest BCUT2D eigenvalue weighted by molar-refractivity contribution is 0.0780. The largest absolute Gasteiger partial charge is 0.379 e. The fourth-order valence-corrected chi connectivity index (χ4v) is 5.65. The van der Waals surface area contributed by atoms with Crippen molar-refractivity contribution in [2.75, 3.05) is 26.7 Å². The maximum absolute atomic E-state index is 14.5. The highest BCUT2D eigenvalue weighted by atomic mass is 19.1. The van der Waals surface area contributed by atoms with Crippen LogP contribution in [0, 0.1) is 29.3 Å². The van der Waals surface area contributed by atoms with Gasteiger partial charge < -0.3 is 15.0 Å². The summed E-state index contributed by atoms with van der Waals surface area (Å²) in [5, 5.41) is 14.3. The zero-order valence-corrected chi connectivity index (χ0v) is 19.5. The molecule has 1 aliphatic carbocycles. The Morgan fingerprint density at radius 3 is 2.44 bits per heavy atom. The molecule has 3 N–H and O–H groups in total. The Balaban J connectivity index is 1.27. The first kappa shape index (κ1) is 23.4. The minimum atomic E-state index is -0.626. The summed E-state index contributed by atoms with van der Waals surface area (Å²) in [6, 6.07) is 8.34. The highest BCUT2D eigenvalue weighted by Gasteiger charge is 2.35. The molecule has 0 radical (unpaired) electrons. The molecular formula is C27H32F3N3O. The van der Waals surface area contributed by atoms with Gasteiger partial charge in [0.25, 0.3) is 0 Å². The van der Waals surface area contributed by atoms with E-state index in [1.165, 1.54) is 18.2 Å². The molecule has 3 aromatic rings. The number of nitrogens with zero attached hydrogens (tertiary/aromatic N) is 1. The monoisotopic (exact) mass is 471 g/mol. The van der Waals surface area contributed by atoms with E-state index in [0.717, 1.165) is 74.6 Å². The van der Waals surface area contributed by atoms with Gasteiger partial charge >= 0.3 is 0 Å². The number of aliphatic hydroxyl groups excluding tert-OH is 1. The fourth-order valence-electron chi connectivity index (χ4n) is 5.65. The molecule has 1 aliphatic heterocycles. The third-order valence-corrected chi connectivity index (χ3v) is 7.68. The standard InChI is InChI=1S/C27H32F3N3O/c1-33-8-6-16(7-9-33)12-24(34)31-15-17-10-19(11-17)25-22-13-21(29)14-23(30)27(22)32-26(25)18-2-4-20(28)5-3-18/h2-5,13-14,16-17,19,24,31-32,34H,6-12,15H2,1H3. The Morgan fingerprint density at radius 1 is 1.03 bits per heavy atom. The molecule has 182 valence electrons. The summed E-state index contributed by atoms with van der Waals surface area (Å²) in [4.78, 5) is 5.46. The molecule has 0 bridgehead atoms. The molecule has 2 heterocycles. The van der Waals surface area contributed by atoms with Gasteiger partial charge in [-0.2, -0.15) is 0 Å². The number of hydrogen-bond acceptors (Lipinski definition) is 3. The van der Waals surface area contributed by atoms with E-state index >= 15 is 0 Å². The van der Waals surface area contributed by atoms with E-state index in [1.54, 1.807) is 12.1 Å². The highest BCUT2D eigenvalue weighted by molar-refractivity contribution is 5.92. The molecule has 4 nitrogen and oxygen atoms in total. The number of hydrogen-bond donors (Lipinski definition) is 3. The molecule has 5 rings (SSSR count). The zero-order chi connectivity index (χ0) is 23.8. The van der Waals surface area contributed by atoms with E-state index in [0.29, 0.717) is 17.2 Å². The molecule has 7 heteroatoms. The van der Waals surface area contributed by atoms with Gasteiger partial charge in [0.15, 0.2) is 0 Å². The molecule has 2 fully saturated rings. The molecule has 1 unspecified atom stereocenters. The van der Waals surface area contributed by atoms with Crippen molar-refractivity contribution in [3.63, 3.8) is 0 Å². The molecule has 0 amide bonds. The van der Waals surface area contributed by atoms with Crippen molar-refractivity contribution < 1.29 is 18.3 Å². The van der Waals surface area contributed by atoms with Gasteiger partial charge in [0, 0.05) is 18.0 Å². The van der Waals surface area contributed by atoms with Gasteiger partial charge in [-0.3, -0.25) is 5.32 Å². The van der Waals surface area contributed by atoms with Crippen molar-refractivity contribution in [1.29, 1.82) is 0 Å². The second kappa shape index (κ2) is 9.72. The Labute approximate surface area is 198 Å². The predicted octanol–water partition coefficient (Wildman–Crippen LogP) is 5.39. The summed E-state index contributed by atoms with van der Waals surface area (Å²) in [5.41, 5.74) is 2.65. The lowest BCUT2D eigenvalue weighted by Crippen LogP contribution is -2.40. The topological polar surface area (TPSA) is 51.3 Å². The number of H-pyrrole nitrogens is 1. The summed E-state index contributed by atoms with van der Waals surface area (Å²) in [6.07, 6.45) is 4.26. The second-order valence-electron chi connectivity index (χ2n) is 10.2. The lowest BCUT2D eigenvalue weighted by atomic mass is 9.70. The number of benzene rings is 2. The second-order valence-corrected chi connectivity index (χ2v) is 10.2. The average molecular weight is 472 g/mol. The maximum Gasteiger partial charge on any atom is 0.150 e. The van der Waals surface area contributed by atoms with E-state index in [1.807, 2.05) is 0 Å². The third-order valence-electron chi connectivity index (χ3n) is 7.68. The summed E-state index contributed by atoms with van der Waals surface area (Å²) >= 11 is 0. The molecule has 0 spiro atoms. The van der Waals surface area contributed by atoms with Gasteiger partial charge in [0.1, 0.15) is 23.7 Å². The summed E-state index contributed by atoms with van der Waals surface area (Å²) < 4.78 is 42.1. The van der Waals surface area contributed by atoms with Gasteiger partial charge in [-0.05, 0) is 111 Å². The van der Waals surface area contributed by atoms with Crippen molar-refractivity contribution in [3.8, 4) is 11.3 Å². The van der Waals surface area contributed by atoms with E-state index in [-0.39, 0.29) is 17.3 Å². The number of likely N-dealkylation sites (tertiary alicyclic amines) is 1. The van der Waals surface area contributed by atoms with E-state index in [4.69, 9.17) is 0 Å². The van der Waals surface area contributed by atoms with Crippen LogP contribution in [0.4, 0.5) is 13.2 Å². The van der Waals surface area contributed by atoms with Crippen LogP contribution in [0.5, 0.6) is 0 Å². The number of halogens is 3. The minimum absolute atomic E-state index is 0.146. The van der Waals surface area contributed by atoms with Gasteiger partial charge in [0.05, 0.1) is 11.2 Å². The molecule has 34 heavy (non-hydrogen) atoms. The van der Waals surface area contributed by atoms with Gasteiger partial charge in [-0.25, -0.2) is 13.2 Å². The quantitative estimate of drug-likeness (QED) is 0.405. The summed E-state index contributed by atoms with van der Waals surface area (Å²) in [5.74, 6) is -0.478. The van der Waals surface area contributed by atoms with Crippen LogP contribution in [0.3, 0.4) is 0 Å². The minimum Gasteiger partial charge on any atom is -0.379 e. The van der Waals surface area contributed by atoms with Crippen molar-refractivity contribution >= 4 is 10.9 Å². The van der Waals surface area contributed by atoms with Crippen molar-refractivity contribution in [3.05, 3.63) is 59.4 Å². The molecule has 1 atom stereocenters. The van der Waals surface area contributed by atoms with Crippen LogP contribution in [0.2, 0.25) is 0 Å². The molecule has 1 saturated carbocycles. The molecule has 1 saturated heterocycles. The van der Waals surface area contributed by atoms with E-state index in [9.17, 15) is 18.3 Å². The van der Waals surface area contributed by atoms with Crippen molar-refractivity contribution in [2.45, 2.75) is 44.2 Å². The van der Waals surface area contributed by atoms with Crippen LogP contribution in [0.25, 0.3) is 22.2 Å². The molecule has 1 aromatic heterocycles. The predicted molar refractivity (Wildman–Crippen MR) is 128 cm³/mol. The third kappa shape index (κ3) is 4.88. The Bertz CT molecular complexity index is 1130. The Hall–Kier alpha value is -2.35. The number of nitrogens with one attached hydrogen (secondary N) is 2. The van der Waals surface area contributed by atoms with Crippen LogP contribution in [0.1, 0.15) is 43.6 Å². The molecular weight excluding hydrogens is 439 g/mol. The smallest absolute Gasteiger partial charge is 0.150 e. The first-order valence-corrected chi connectivity index (χ1v) is 12.2. The normalized spacial score (nSPS) is 22.7. The van der Waals surface area contributed by atoms with E-state index < -0.39 is 17.9 Å². The molecule has 2 aliphatic rings. The maximum atomic E-state index is 14.5.